The number of carbonyl (C=O) groups is 1. The van der Waals surface area contributed by atoms with Crippen LogP contribution in [0.4, 0.5) is 10.1 Å². The molecule has 1 heterocycles. The van der Waals surface area contributed by atoms with Gasteiger partial charge >= 0.3 is 0 Å². The van der Waals surface area contributed by atoms with E-state index in [9.17, 15) is 9.18 Å². The number of methoxy groups -OCH3 is 1. The predicted octanol–water partition coefficient (Wildman–Crippen LogP) is 5.11. The molecule has 0 unspecified atom stereocenters. The van der Waals surface area contributed by atoms with Crippen molar-refractivity contribution in [2.24, 2.45) is 0 Å². The Morgan fingerprint density at radius 3 is 2.65 bits per heavy atom. The lowest BCUT2D eigenvalue weighted by atomic mass is 10.1. The number of anilines is 1. The molecule has 8 heteroatoms. The highest BCUT2D eigenvalue weighted by Gasteiger charge is 2.23. The Kier molecular flexibility index (Phi) is 5.84. The van der Waals surface area contributed by atoms with E-state index in [-0.39, 0.29) is 33.3 Å². The highest BCUT2D eigenvalue weighted by atomic mass is 35.5. The molecule has 0 spiro atoms. The molecule has 0 bridgehead atoms. The zero-order valence-corrected chi connectivity index (χ0v) is 15.5. The summed E-state index contributed by atoms with van der Waals surface area (Å²) >= 11 is 12.0. The van der Waals surface area contributed by atoms with Gasteiger partial charge in [-0.2, -0.15) is 0 Å². The van der Waals surface area contributed by atoms with Crippen molar-refractivity contribution in [1.82, 2.24) is 4.98 Å². The molecule has 1 aromatic heterocycles. The molecule has 1 fully saturated rings. The van der Waals surface area contributed by atoms with E-state index in [1.54, 1.807) is 0 Å². The van der Waals surface area contributed by atoms with E-state index < -0.39 is 11.7 Å². The van der Waals surface area contributed by atoms with Gasteiger partial charge in [-0.05, 0) is 37.8 Å². The summed E-state index contributed by atoms with van der Waals surface area (Å²) in [7, 11) is 1.42. The molecule has 1 aliphatic rings. The Bertz CT molecular complexity index is 806. The van der Waals surface area contributed by atoms with Crippen LogP contribution in [0.3, 0.4) is 0 Å². The normalized spacial score (nSPS) is 14.3. The number of benzene rings is 1. The summed E-state index contributed by atoms with van der Waals surface area (Å²) in [5.74, 6) is -0.884. The molecule has 0 aliphatic heterocycles. The maximum atomic E-state index is 14.4. The molecule has 0 saturated heterocycles. The van der Waals surface area contributed by atoms with Gasteiger partial charge in [0.05, 0.1) is 29.5 Å². The third kappa shape index (κ3) is 4.02. The van der Waals surface area contributed by atoms with E-state index >= 15 is 0 Å². The van der Waals surface area contributed by atoms with Gasteiger partial charge in [0.25, 0.3) is 5.91 Å². The number of carbonyl (C=O) groups excluding carboxylic acids is 1. The molecular formula is C18H17Cl2FN2O3. The molecule has 26 heavy (non-hydrogen) atoms. The molecular weight excluding hydrogens is 382 g/mol. The first kappa shape index (κ1) is 18.7. The van der Waals surface area contributed by atoms with Crippen molar-refractivity contribution in [2.75, 3.05) is 12.4 Å². The predicted molar refractivity (Wildman–Crippen MR) is 98.0 cm³/mol. The van der Waals surface area contributed by atoms with Crippen molar-refractivity contribution in [1.29, 1.82) is 0 Å². The number of nitrogens with zero attached hydrogens (tertiary/aromatic N) is 1. The van der Waals surface area contributed by atoms with Gasteiger partial charge in [0.15, 0.2) is 16.7 Å². The van der Waals surface area contributed by atoms with Gasteiger partial charge in [0.2, 0.25) is 0 Å². The van der Waals surface area contributed by atoms with Crippen LogP contribution in [-0.4, -0.2) is 24.1 Å². The molecule has 0 atom stereocenters. The van der Waals surface area contributed by atoms with Crippen LogP contribution in [0.1, 0.15) is 36.0 Å². The fourth-order valence-electron chi connectivity index (χ4n) is 2.85. The van der Waals surface area contributed by atoms with Crippen molar-refractivity contribution < 1.29 is 18.7 Å². The first-order chi connectivity index (χ1) is 12.5. The Labute approximate surface area is 160 Å². The smallest absolute Gasteiger partial charge is 0.258 e. The van der Waals surface area contributed by atoms with Gasteiger partial charge in [0, 0.05) is 12.3 Å². The van der Waals surface area contributed by atoms with E-state index in [1.165, 1.54) is 25.4 Å². The van der Waals surface area contributed by atoms with E-state index in [4.69, 9.17) is 32.7 Å². The van der Waals surface area contributed by atoms with Crippen LogP contribution in [-0.2, 0) is 0 Å². The van der Waals surface area contributed by atoms with Crippen LogP contribution in [0.2, 0.25) is 10.2 Å². The summed E-state index contributed by atoms with van der Waals surface area (Å²) in [6.45, 7) is 0. The maximum Gasteiger partial charge on any atom is 0.258 e. The summed E-state index contributed by atoms with van der Waals surface area (Å²) in [6.07, 6.45) is 5.44. The third-order valence-corrected chi connectivity index (χ3v) is 4.79. The minimum atomic E-state index is -0.741. The maximum absolute atomic E-state index is 14.4. The molecule has 1 N–H and O–H groups in total. The van der Waals surface area contributed by atoms with Crippen LogP contribution < -0.4 is 14.8 Å². The number of amides is 1. The lowest BCUT2D eigenvalue weighted by Crippen LogP contribution is -2.17. The van der Waals surface area contributed by atoms with E-state index in [0.29, 0.717) is 5.75 Å². The van der Waals surface area contributed by atoms with Crippen LogP contribution in [0.15, 0.2) is 24.4 Å². The van der Waals surface area contributed by atoms with Crippen LogP contribution >= 0.6 is 23.2 Å². The highest BCUT2D eigenvalue weighted by Crippen LogP contribution is 2.35. The van der Waals surface area contributed by atoms with Crippen LogP contribution in [0, 0.1) is 5.82 Å². The number of aromatic nitrogens is 1. The minimum absolute atomic E-state index is 0.0159. The number of pyridine rings is 1. The summed E-state index contributed by atoms with van der Waals surface area (Å²) in [4.78, 5) is 16.4. The van der Waals surface area contributed by atoms with Crippen molar-refractivity contribution in [3.05, 3.63) is 46.0 Å². The first-order valence-corrected chi connectivity index (χ1v) is 8.90. The van der Waals surface area contributed by atoms with Crippen molar-refractivity contribution >= 4 is 34.8 Å². The van der Waals surface area contributed by atoms with Crippen molar-refractivity contribution in [3.8, 4) is 11.5 Å². The van der Waals surface area contributed by atoms with Crippen LogP contribution in [0.5, 0.6) is 11.5 Å². The second-order valence-electron chi connectivity index (χ2n) is 5.92. The SMILES string of the molecule is COc1cc(F)c(C(=O)Nc2c(Cl)ccnc2Cl)cc1OC1CCCC1. The lowest BCUT2D eigenvalue weighted by Gasteiger charge is -2.17. The molecule has 1 amide bonds. The fraction of sp³-hybridized carbons (Fsp3) is 0.333. The number of rotatable bonds is 5. The molecule has 5 nitrogen and oxygen atoms in total. The molecule has 2 aromatic rings. The zero-order valence-electron chi connectivity index (χ0n) is 14.0. The lowest BCUT2D eigenvalue weighted by molar-refractivity contribution is 0.102. The summed E-state index contributed by atoms with van der Waals surface area (Å²) < 4.78 is 25.5. The van der Waals surface area contributed by atoms with Gasteiger partial charge in [-0.3, -0.25) is 4.79 Å². The highest BCUT2D eigenvalue weighted by molar-refractivity contribution is 6.39. The number of hydrogen-bond acceptors (Lipinski definition) is 4. The van der Waals surface area contributed by atoms with Gasteiger partial charge in [-0.15, -0.1) is 0 Å². The number of nitrogens with one attached hydrogen (secondary N) is 1. The molecule has 0 radical (unpaired) electrons. The van der Waals surface area contributed by atoms with Crippen molar-refractivity contribution in [2.45, 2.75) is 31.8 Å². The number of hydrogen-bond donors (Lipinski definition) is 1. The Hall–Kier alpha value is -2.05. The van der Waals surface area contributed by atoms with Gasteiger partial charge in [-0.1, -0.05) is 23.2 Å². The average molecular weight is 399 g/mol. The number of ether oxygens (including phenoxy) is 2. The zero-order chi connectivity index (χ0) is 18.7. The van der Waals surface area contributed by atoms with Gasteiger partial charge in [-0.25, -0.2) is 9.37 Å². The standard InChI is InChI=1S/C18H17Cl2FN2O3/c1-25-14-9-13(21)11(8-15(14)26-10-4-2-3-5-10)18(24)23-16-12(19)6-7-22-17(16)20/h6-10H,2-5H2,1H3,(H,23,24). The largest absolute Gasteiger partial charge is 0.493 e. The van der Waals surface area contributed by atoms with Crippen LogP contribution in [0.25, 0.3) is 0 Å². The molecule has 1 saturated carbocycles. The first-order valence-electron chi connectivity index (χ1n) is 8.15. The second-order valence-corrected chi connectivity index (χ2v) is 6.69. The summed E-state index contributed by atoms with van der Waals surface area (Å²) in [6, 6.07) is 3.94. The minimum Gasteiger partial charge on any atom is -0.493 e. The van der Waals surface area contributed by atoms with Gasteiger partial charge < -0.3 is 14.8 Å². The number of halogens is 3. The Morgan fingerprint density at radius 1 is 1.27 bits per heavy atom. The Balaban J connectivity index is 1.89. The summed E-state index contributed by atoms with van der Waals surface area (Å²) in [5.41, 5.74) is -0.0795. The van der Waals surface area contributed by atoms with E-state index in [1.807, 2.05) is 0 Å². The van der Waals surface area contributed by atoms with E-state index in [2.05, 4.69) is 10.3 Å². The summed E-state index contributed by atoms with van der Waals surface area (Å²) in [5, 5.41) is 2.71. The Morgan fingerprint density at radius 2 is 2.00 bits per heavy atom. The molecule has 138 valence electrons. The molecule has 1 aliphatic carbocycles. The fourth-order valence-corrected chi connectivity index (χ4v) is 3.30. The average Bonchev–Trinajstić information content (AvgIpc) is 3.12. The second kappa shape index (κ2) is 8.10. The van der Waals surface area contributed by atoms with E-state index in [0.717, 1.165) is 31.7 Å². The quantitative estimate of drug-likeness (QED) is 0.710. The van der Waals surface area contributed by atoms with Gasteiger partial charge in [0.1, 0.15) is 5.82 Å². The molecule has 3 rings (SSSR count). The van der Waals surface area contributed by atoms with Crippen molar-refractivity contribution in [3.63, 3.8) is 0 Å². The third-order valence-electron chi connectivity index (χ3n) is 4.19. The monoisotopic (exact) mass is 398 g/mol. The molecule has 1 aromatic carbocycles. The topological polar surface area (TPSA) is 60.5 Å².